The number of nitrogens with zero attached hydrogens (tertiary/aromatic N) is 5. The van der Waals surface area contributed by atoms with E-state index >= 15 is 0 Å². The Morgan fingerprint density at radius 1 is 0.935 bits per heavy atom. The predicted molar refractivity (Wildman–Crippen MR) is 185 cm³/mol. The third kappa shape index (κ3) is 10.9. The van der Waals surface area contributed by atoms with Crippen molar-refractivity contribution >= 4 is 35.4 Å². The van der Waals surface area contributed by atoms with Crippen LogP contribution in [-0.4, -0.2) is 77.2 Å². The molecule has 3 rings (SSSR count). The van der Waals surface area contributed by atoms with Crippen molar-refractivity contribution in [2.45, 2.75) is 107 Å². The van der Waals surface area contributed by atoms with Crippen LogP contribution < -0.4 is 19.9 Å². The average Bonchev–Trinajstić information content (AvgIpc) is 3.55. The summed E-state index contributed by atoms with van der Waals surface area (Å²) < 4.78 is 11.4. The highest BCUT2D eigenvalue weighted by molar-refractivity contribution is 5.99. The van der Waals surface area contributed by atoms with Gasteiger partial charge in [-0.05, 0) is 72.1 Å². The van der Waals surface area contributed by atoms with Gasteiger partial charge in [-0.15, -0.1) is 0 Å². The lowest BCUT2D eigenvalue weighted by Crippen LogP contribution is -2.42. The number of nitrogens with one attached hydrogen (secondary N) is 1. The molecule has 1 aliphatic rings. The molecular weight excluding hydrogens is 584 g/mol. The number of amides is 2. The van der Waals surface area contributed by atoms with Gasteiger partial charge in [-0.2, -0.15) is 4.98 Å². The minimum Gasteiger partial charge on any atom is -0.458 e. The molecule has 46 heavy (non-hydrogen) atoms. The van der Waals surface area contributed by atoms with Crippen molar-refractivity contribution in [3.63, 3.8) is 0 Å². The van der Waals surface area contributed by atoms with Crippen molar-refractivity contribution < 1.29 is 23.9 Å². The van der Waals surface area contributed by atoms with Crippen molar-refractivity contribution in [1.82, 2.24) is 14.9 Å². The Balaban J connectivity index is 0.00000361. The van der Waals surface area contributed by atoms with E-state index in [2.05, 4.69) is 10.3 Å². The normalized spacial score (nSPS) is 13.7. The molecule has 11 heteroatoms. The maximum atomic E-state index is 13.6. The zero-order chi connectivity index (χ0) is 34.7. The Kier molecular flexibility index (Phi) is 14.3. The van der Waals surface area contributed by atoms with Gasteiger partial charge in [0.15, 0.2) is 5.82 Å². The topological polar surface area (TPSA) is 117 Å². The van der Waals surface area contributed by atoms with Crippen LogP contribution in [0.4, 0.5) is 22.2 Å². The first-order chi connectivity index (χ1) is 21.7. The van der Waals surface area contributed by atoms with Gasteiger partial charge >= 0.3 is 12.1 Å². The van der Waals surface area contributed by atoms with Gasteiger partial charge in [0, 0.05) is 44.6 Å². The quantitative estimate of drug-likeness (QED) is 0.268. The summed E-state index contributed by atoms with van der Waals surface area (Å²) in [7, 11) is 0. The molecule has 11 nitrogen and oxygen atoms in total. The third-order valence-corrected chi connectivity index (χ3v) is 7.23. The van der Waals surface area contributed by atoms with Crippen LogP contribution in [0.2, 0.25) is 0 Å². The third-order valence-electron chi connectivity index (χ3n) is 7.23. The molecule has 1 unspecified atom stereocenters. The number of carbonyl (C=O) groups is 3. The highest BCUT2D eigenvalue weighted by Gasteiger charge is 2.32. The standard InChI is InChI=1S/C33H50N6O5.C2H6/c1-10-37(11-2)30-34-22-26(39(12-3)29(41)32(4,5)6)27(36-30)35-25(28(40)44-33(7,8)9)21-23-15-17-24(18-16-23)43-31(42)38-19-13-14-20-38;1-2/h15-18,22,25H,10-14,19-21H2,1-9H3,(H,34,35,36);1-2H3. The van der Waals surface area contributed by atoms with E-state index in [1.165, 1.54) is 0 Å². The van der Waals surface area contributed by atoms with Crippen LogP contribution in [0, 0.1) is 5.41 Å². The largest absolute Gasteiger partial charge is 0.458 e. The number of likely N-dealkylation sites (tertiary alicyclic amines) is 1. The summed E-state index contributed by atoms with van der Waals surface area (Å²) in [6.45, 7) is 24.2. The molecule has 2 amide bonds. The van der Waals surface area contributed by atoms with Crippen molar-refractivity contribution in [1.29, 1.82) is 0 Å². The molecule has 1 saturated heterocycles. The van der Waals surface area contributed by atoms with Crippen molar-refractivity contribution in [3.8, 4) is 5.75 Å². The second kappa shape index (κ2) is 17.1. The predicted octanol–water partition coefficient (Wildman–Crippen LogP) is 6.71. The molecule has 2 heterocycles. The number of anilines is 3. The average molecular weight is 641 g/mol. The van der Waals surface area contributed by atoms with E-state index in [4.69, 9.17) is 14.5 Å². The molecule has 1 fully saturated rings. The first-order valence-electron chi connectivity index (χ1n) is 16.7. The van der Waals surface area contributed by atoms with Gasteiger partial charge in [-0.3, -0.25) is 4.79 Å². The van der Waals surface area contributed by atoms with E-state index in [0.29, 0.717) is 55.9 Å². The van der Waals surface area contributed by atoms with Crippen LogP contribution in [0.25, 0.3) is 0 Å². The fourth-order valence-corrected chi connectivity index (χ4v) is 4.88. The molecule has 0 bridgehead atoms. The van der Waals surface area contributed by atoms with Crippen LogP contribution >= 0.6 is 0 Å². The molecule has 1 atom stereocenters. The maximum absolute atomic E-state index is 13.6. The van der Waals surface area contributed by atoms with Crippen LogP contribution in [0.5, 0.6) is 5.75 Å². The number of ether oxygens (including phenoxy) is 2. The lowest BCUT2D eigenvalue weighted by atomic mass is 9.94. The van der Waals surface area contributed by atoms with Crippen LogP contribution in [0.15, 0.2) is 30.5 Å². The maximum Gasteiger partial charge on any atom is 0.415 e. The van der Waals surface area contributed by atoms with Gasteiger partial charge in [0.2, 0.25) is 11.9 Å². The van der Waals surface area contributed by atoms with Gasteiger partial charge in [-0.1, -0.05) is 46.8 Å². The summed E-state index contributed by atoms with van der Waals surface area (Å²) in [4.78, 5) is 54.3. The Morgan fingerprint density at radius 3 is 2.02 bits per heavy atom. The summed E-state index contributed by atoms with van der Waals surface area (Å²) in [6, 6.07) is 6.27. The number of hydrogen-bond acceptors (Lipinski definition) is 9. The van der Waals surface area contributed by atoms with E-state index in [1.807, 2.05) is 93.2 Å². The van der Waals surface area contributed by atoms with Gasteiger partial charge in [0.25, 0.3) is 0 Å². The number of aromatic nitrogens is 2. The first-order valence-corrected chi connectivity index (χ1v) is 16.7. The fourth-order valence-electron chi connectivity index (χ4n) is 4.88. The van der Waals surface area contributed by atoms with Crippen LogP contribution in [0.3, 0.4) is 0 Å². The lowest BCUT2D eigenvalue weighted by molar-refractivity contribution is -0.155. The molecule has 1 aliphatic heterocycles. The molecule has 256 valence electrons. The smallest absolute Gasteiger partial charge is 0.415 e. The van der Waals surface area contributed by atoms with Crippen molar-refractivity contribution in [3.05, 3.63) is 36.0 Å². The molecule has 0 spiro atoms. The van der Waals surface area contributed by atoms with Crippen molar-refractivity contribution in [2.24, 2.45) is 5.41 Å². The van der Waals surface area contributed by atoms with E-state index in [9.17, 15) is 14.4 Å². The molecule has 0 saturated carbocycles. The second-order valence-electron chi connectivity index (χ2n) is 13.0. The first kappa shape index (κ1) is 38.3. The summed E-state index contributed by atoms with van der Waals surface area (Å²) in [6.07, 6.45) is 3.52. The SMILES string of the molecule is CC.CCN(CC)c1ncc(N(CC)C(=O)C(C)(C)C)c(NC(Cc2ccc(OC(=O)N3CCCC3)cc2)C(=O)OC(C)(C)C)n1. The number of rotatable bonds is 11. The van der Waals surface area contributed by atoms with Gasteiger partial charge in [-0.25, -0.2) is 14.6 Å². The number of carbonyl (C=O) groups excluding carboxylic acids is 3. The minimum absolute atomic E-state index is 0.0878. The molecule has 0 radical (unpaired) electrons. The van der Waals surface area contributed by atoms with E-state index in [0.717, 1.165) is 18.4 Å². The number of esters is 1. The zero-order valence-corrected chi connectivity index (χ0v) is 29.9. The van der Waals surface area contributed by atoms with Gasteiger partial charge in [0.1, 0.15) is 23.1 Å². The van der Waals surface area contributed by atoms with Crippen LogP contribution in [-0.2, 0) is 20.7 Å². The van der Waals surface area contributed by atoms with Crippen LogP contribution in [0.1, 0.15) is 94.6 Å². The second-order valence-corrected chi connectivity index (χ2v) is 13.0. The Bertz CT molecular complexity index is 1280. The molecule has 2 aromatic rings. The molecule has 1 aromatic carbocycles. The lowest BCUT2D eigenvalue weighted by Gasteiger charge is -2.31. The van der Waals surface area contributed by atoms with Crippen molar-refractivity contribution in [2.75, 3.05) is 47.8 Å². The highest BCUT2D eigenvalue weighted by atomic mass is 16.6. The highest BCUT2D eigenvalue weighted by Crippen LogP contribution is 2.31. The summed E-state index contributed by atoms with van der Waals surface area (Å²) >= 11 is 0. The molecule has 0 aliphatic carbocycles. The monoisotopic (exact) mass is 640 g/mol. The van der Waals surface area contributed by atoms with Gasteiger partial charge < -0.3 is 29.5 Å². The number of hydrogen-bond donors (Lipinski definition) is 1. The number of benzene rings is 1. The Labute approximate surface area is 276 Å². The zero-order valence-electron chi connectivity index (χ0n) is 29.9. The molecular formula is C35H56N6O5. The van der Waals surface area contributed by atoms with E-state index in [1.54, 1.807) is 28.1 Å². The summed E-state index contributed by atoms with van der Waals surface area (Å²) in [5.74, 6) is 0.756. The Morgan fingerprint density at radius 2 is 1.52 bits per heavy atom. The molecule has 1 aromatic heterocycles. The fraction of sp³-hybridized carbons (Fsp3) is 0.629. The summed E-state index contributed by atoms with van der Waals surface area (Å²) in [5, 5.41) is 3.33. The minimum atomic E-state index is -0.839. The van der Waals surface area contributed by atoms with E-state index < -0.39 is 23.0 Å². The molecule has 1 N–H and O–H groups in total. The summed E-state index contributed by atoms with van der Waals surface area (Å²) in [5.41, 5.74) is -0.0495. The van der Waals surface area contributed by atoms with Gasteiger partial charge in [0.05, 0.1) is 6.20 Å². The van der Waals surface area contributed by atoms with E-state index in [-0.39, 0.29) is 18.4 Å². The Hall–Kier alpha value is -3.89.